The van der Waals surface area contributed by atoms with Gasteiger partial charge in [-0.1, -0.05) is 35.9 Å². The highest BCUT2D eigenvalue weighted by Crippen LogP contribution is 2.35. The maximum absolute atomic E-state index is 11.3. The predicted octanol–water partition coefficient (Wildman–Crippen LogP) is 4.81. The number of hydrogen-bond donors (Lipinski definition) is 1. The molecule has 2 aromatic carbocycles. The molecule has 5 heteroatoms. The van der Waals surface area contributed by atoms with Crippen molar-refractivity contribution in [1.29, 1.82) is 0 Å². The Balaban J connectivity index is 1.79. The molecular formula is C21H23ClO4. The average molecular weight is 375 g/mol. The van der Waals surface area contributed by atoms with E-state index in [0.29, 0.717) is 24.3 Å². The first-order valence-electron chi connectivity index (χ1n) is 8.79. The summed E-state index contributed by atoms with van der Waals surface area (Å²) in [6.45, 7) is 3.43. The van der Waals surface area contributed by atoms with Crippen molar-refractivity contribution in [3.8, 4) is 5.75 Å². The van der Waals surface area contributed by atoms with Crippen molar-refractivity contribution < 1.29 is 19.4 Å². The van der Waals surface area contributed by atoms with Crippen LogP contribution in [0, 0.1) is 0 Å². The van der Waals surface area contributed by atoms with E-state index in [1.54, 1.807) is 12.1 Å². The van der Waals surface area contributed by atoms with Crippen molar-refractivity contribution in [1.82, 2.24) is 0 Å². The van der Waals surface area contributed by atoms with Crippen LogP contribution < -0.4 is 0 Å². The lowest BCUT2D eigenvalue weighted by Crippen LogP contribution is -2.32. The van der Waals surface area contributed by atoms with Crippen molar-refractivity contribution in [3.05, 3.63) is 64.2 Å². The van der Waals surface area contributed by atoms with Crippen LogP contribution in [0.1, 0.15) is 49.5 Å². The second-order valence-corrected chi connectivity index (χ2v) is 7.24. The predicted molar refractivity (Wildman–Crippen MR) is 100 cm³/mol. The molecule has 0 aromatic heterocycles. The summed E-state index contributed by atoms with van der Waals surface area (Å²) in [5.74, 6) is -0.0123. The highest BCUT2D eigenvalue weighted by molar-refractivity contribution is 6.31. The number of rotatable bonds is 4. The van der Waals surface area contributed by atoms with Crippen LogP contribution in [0.15, 0.2) is 42.5 Å². The van der Waals surface area contributed by atoms with Gasteiger partial charge in [0.05, 0.1) is 12.2 Å². The van der Waals surface area contributed by atoms with Gasteiger partial charge in [-0.25, -0.2) is 0 Å². The third-order valence-corrected chi connectivity index (χ3v) is 4.94. The summed E-state index contributed by atoms with van der Waals surface area (Å²) in [5, 5.41) is 10.1. The summed E-state index contributed by atoms with van der Waals surface area (Å²) in [7, 11) is 0. The lowest BCUT2D eigenvalue weighted by atomic mass is 9.94. The number of phenolic OH excluding ortho intramolecular Hbond substituents is 1. The molecule has 2 aromatic rings. The van der Waals surface area contributed by atoms with Crippen LogP contribution in [0.25, 0.3) is 0 Å². The monoisotopic (exact) mass is 374 g/mol. The van der Waals surface area contributed by atoms with Crippen LogP contribution >= 0.6 is 11.6 Å². The van der Waals surface area contributed by atoms with Crippen LogP contribution in [0.3, 0.4) is 0 Å². The Morgan fingerprint density at radius 3 is 2.65 bits per heavy atom. The number of phenols is 1. The zero-order chi connectivity index (χ0) is 18.7. The quantitative estimate of drug-likeness (QED) is 0.780. The van der Waals surface area contributed by atoms with E-state index < -0.39 is 0 Å². The van der Waals surface area contributed by atoms with Crippen molar-refractivity contribution in [2.24, 2.45) is 0 Å². The number of carbonyl (C=O) groups is 1. The lowest BCUT2D eigenvalue weighted by Gasteiger charge is -2.33. The number of aromatic hydroxyl groups is 1. The normalized spacial score (nSPS) is 22.8. The van der Waals surface area contributed by atoms with Gasteiger partial charge in [0.15, 0.2) is 0 Å². The molecule has 1 aliphatic heterocycles. The summed E-state index contributed by atoms with van der Waals surface area (Å²) in [4.78, 5) is 11.3. The van der Waals surface area contributed by atoms with E-state index in [0.717, 1.165) is 16.7 Å². The van der Waals surface area contributed by atoms with Crippen LogP contribution in [0.5, 0.6) is 5.75 Å². The molecule has 1 saturated heterocycles. The number of benzene rings is 2. The standard InChI is InChI=1S/C21H23ClO4/c1-13-9-19(26-14(2)23)12-21(25-13)16-5-8-20(22)17(11-16)10-15-3-6-18(24)7-4-15/h3-8,11,13,19,21,24H,9-10,12H2,1-2H3/t13-,19+,21-/m1/s1. The number of esters is 1. The van der Waals surface area contributed by atoms with E-state index in [-0.39, 0.29) is 30.0 Å². The van der Waals surface area contributed by atoms with Gasteiger partial charge in [0.1, 0.15) is 11.9 Å². The van der Waals surface area contributed by atoms with Crippen molar-refractivity contribution >= 4 is 17.6 Å². The molecule has 1 N–H and O–H groups in total. The fourth-order valence-corrected chi connectivity index (χ4v) is 3.59. The largest absolute Gasteiger partial charge is 0.508 e. The third kappa shape index (κ3) is 4.77. The topological polar surface area (TPSA) is 55.8 Å². The first-order valence-corrected chi connectivity index (χ1v) is 9.17. The number of carbonyl (C=O) groups excluding carboxylic acids is 1. The maximum Gasteiger partial charge on any atom is 0.302 e. The SMILES string of the molecule is CC(=O)O[C@H]1C[C@@H](C)O[C@@H](c2ccc(Cl)c(Cc3ccc(O)cc3)c2)C1. The van der Waals surface area contributed by atoms with E-state index in [9.17, 15) is 9.90 Å². The van der Waals surface area contributed by atoms with Gasteiger partial charge in [-0.05, 0) is 48.2 Å². The summed E-state index contributed by atoms with van der Waals surface area (Å²) in [5.41, 5.74) is 3.10. The molecule has 0 saturated carbocycles. The Bertz CT molecular complexity index is 772. The molecule has 4 nitrogen and oxygen atoms in total. The summed E-state index contributed by atoms with van der Waals surface area (Å²) in [6.07, 6.45) is 1.79. The van der Waals surface area contributed by atoms with Gasteiger partial charge < -0.3 is 14.6 Å². The molecule has 0 radical (unpaired) electrons. The average Bonchev–Trinajstić information content (AvgIpc) is 2.57. The molecule has 1 fully saturated rings. The molecule has 0 unspecified atom stereocenters. The van der Waals surface area contributed by atoms with Gasteiger partial charge in [0.2, 0.25) is 0 Å². The Kier molecular flexibility index (Phi) is 5.84. The van der Waals surface area contributed by atoms with Crippen LogP contribution in [0.4, 0.5) is 0 Å². The third-order valence-electron chi connectivity index (χ3n) is 4.57. The maximum atomic E-state index is 11.3. The van der Waals surface area contributed by atoms with Crippen molar-refractivity contribution in [2.75, 3.05) is 0 Å². The van der Waals surface area contributed by atoms with Gasteiger partial charge in [-0.3, -0.25) is 4.79 Å². The molecule has 0 bridgehead atoms. The smallest absolute Gasteiger partial charge is 0.302 e. The number of halogens is 1. The Hall–Kier alpha value is -2.04. The molecule has 0 amide bonds. The molecule has 0 aliphatic carbocycles. The Labute approximate surface area is 158 Å². The van der Waals surface area contributed by atoms with Gasteiger partial charge in [0, 0.05) is 24.8 Å². The van der Waals surface area contributed by atoms with E-state index in [1.165, 1.54) is 6.92 Å². The van der Waals surface area contributed by atoms with Gasteiger partial charge in [-0.15, -0.1) is 0 Å². The van der Waals surface area contributed by atoms with Gasteiger partial charge in [-0.2, -0.15) is 0 Å². The molecule has 26 heavy (non-hydrogen) atoms. The number of ether oxygens (including phenoxy) is 2. The molecule has 1 aliphatic rings. The molecular weight excluding hydrogens is 352 g/mol. The molecule has 138 valence electrons. The Morgan fingerprint density at radius 1 is 1.23 bits per heavy atom. The van der Waals surface area contributed by atoms with E-state index in [2.05, 4.69) is 6.07 Å². The minimum Gasteiger partial charge on any atom is -0.508 e. The van der Waals surface area contributed by atoms with Crippen molar-refractivity contribution in [3.63, 3.8) is 0 Å². The molecule has 3 rings (SSSR count). The van der Waals surface area contributed by atoms with E-state index in [1.807, 2.05) is 31.2 Å². The highest BCUT2D eigenvalue weighted by atomic mass is 35.5. The van der Waals surface area contributed by atoms with Gasteiger partial charge in [0.25, 0.3) is 0 Å². The summed E-state index contributed by atoms with van der Waals surface area (Å²) in [6, 6.07) is 13.0. The second kappa shape index (κ2) is 8.11. The second-order valence-electron chi connectivity index (χ2n) is 6.83. The first-order chi connectivity index (χ1) is 12.4. The number of hydrogen-bond acceptors (Lipinski definition) is 4. The van der Waals surface area contributed by atoms with E-state index in [4.69, 9.17) is 21.1 Å². The minimum absolute atomic E-state index is 0.0225. The first kappa shape index (κ1) is 18.7. The van der Waals surface area contributed by atoms with Crippen LogP contribution in [-0.4, -0.2) is 23.3 Å². The Morgan fingerprint density at radius 2 is 1.96 bits per heavy atom. The van der Waals surface area contributed by atoms with Gasteiger partial charge >= 0.3 is 5.97 Å². The molecule has 0 spiro atoms. The molecule has 1 heterocycles. The minimum atomic E-state index is -0.257. The zero-order valence-electron chi connectivity index (χ0n) is 14.9. The highest BCUT2D eigenvalue weighted by Gasteiger charge is 2.30. The van der Waals surface area contributed by atoms with Crippen LogP contribution in [0.2, 0.25) is 5.02 Å². The van der Waals surface area contributed by atoms with Crippen molar-refractivity contribution in [2.45, 2.75) is 51.4 Å². The lowest BCUT2D eigenvalue weighted by molar-refractivity contribution is -0.158. The molecule has 3 atom stereocenters. The summed E-state index contributed by atoms with van der Waals surface area (Å²) < 4.78 is 11.5. The fraction of sp³-hybridized carbons (Fsp3) is 0.381. The zero-order valence-corrected chi connectivity index (χ0v) is 15.7. The van der Waals surface area contributed by atoms with Crippen LogP contribution in [-0.2, 0) is 20.7 Å². The summed E-state index contributed by atoms with van der Waals surface area (Å²) >= 11 is 6.38. The van der Waals surface area contributed by atoms with E-state index >= 15 is 0 Å². The fourth-order valence-electron chi connectivity index (χ4n) is 3.41.